The van der Waals surface area contributed by atoms with Gasteiger partial charge in [-0.3, -0.25) is 4.98 Å². The number of methoxy groups -OCH3 is 1. The van der Waals surface area contributed by atoms with E-state index in [1.54, 1.807) is 13.1 Å². The molecule has 0 aromatic carbocycles. The molecule has 0 radical (unpaired) electrons. The third kappa shape index (κ3) is 1.87. The number of hydrogen-bond acceptors (Lipinski definition) is 4. The lowest BCUT2D eigenvalue weighted by atomic mass is 9.87. The number of allylic oxidation sites excluding steroid dienone is 1. The number of carbonyl (C=O) groups excluding carboxylic acids is 2. The predicted molar refractivity (Wildman–Crippen MR) is 62.4 cm³/mol. The highest BCUT2D eigenvalue weighted by atomic mass is 16.5. The van der Waals surface area contributed by atoms with E-state index in [0.29, 0.717) is 23.1 Å². The molecule has 0 bridgehead atoms. The number of rotatable bonds is 1. The molecule has 0 spiro atoms. The largest absolute Gasteiger partial charge is 0.465 e. The van der Waals surface area contributed by atoms with Crippen LogP contribution in [0.15, 0.2) is 6.20 Å². The first-order chi connectivity index (χ1) is 8.19. The molecule has 1 aliphatic rings. The number of esters is 1. The van der Waals surface area contributed by atoms with Gasteiger partial charge in [-0.2, -0.15) is 0 Å². The molecular weight excluding hydrogens is 218 g/mol. The van der Waals surface area contributed by atoms with Crippen molar-refractivity contribution in [1.29, 1.82) is 0 Å². The minimum absolute atomic E-state index is 0.421. The molecule has 4 heteroatoms. The van der Waals surface area contributed by atoms with Gasteiger partial charge in [0.25, 0.3) is 0 Å². The fourth-order valence-corrected chi connectivity index (χ4v) is 2.18. The summed E-state index contributed by atoms with van der Waals surface area (Å²) >= 11 is 0. The van der Waals surface area contributed by atoms with Crippen molar-refractivity contribution < 1.29 is 14.3 Å². The first-order valence-corrected chi connectivity index (χ1v) is 5.50. The molecule has 0 fully saturated rings. The van der Waals surface area contributed by atoms with Crippen molar-refractivity contribution in [3.63, 3.8) is 0 Å². The lowest BCUT2D eigenvalue weighted by molar-refractivity contribution is 0.0599. The van der Waals surface area contributed by atoms with E-state index in [9.17, 15) is 9.59 Å². The van der Waals surface area contributed by atoms with Crippen molar-refractivity contribution >= 4 is 17.5 Å². The number of hydrogen-bond donors (Lipinski definition) is 0. The minimum Gasteiger partial charge on any atom is -0.465 e. The lowest BCUT2D eigenvalue weighted by Crippen LogP contribution is -2.15. The number of ether oxygens (including phenoxy) is 1. The van der Waals surface area contributed by atoms with Gasteiger partial charge in [0.15, 0.2) is 0 Å². The van der Waals surface area contributed by atoms with Crippen molar-refractivity contribution in [2.45, 2.75) is 26.2 Å². The Kier molecular flexibility index (Phi) is 3.07. The number of nitrogens with zero attached hydrogens (tertiary/aromatic N) is 1. The Hall–Kier alpha value is -1.93. The first-order valence-electron chi connectivity index (χ1n) is 5.50. The van der Waals surface area contributed by atoms with E-state index in [4.69, 9.17) is 4.74 Å². The Balaban J connectivity index is 2.73. The molecule has 0 N–H and O–H groups in total. The average molecular weight is 231 g/mol. The van der Waals surface area contributed by atoms with Gasteiger partial charge in [-0.25, -0.2) is 9.59 Å². The van der Waals surface area contributed by atoms with E-state index < -0.39 is 5.97 Å². The van der Waals surface area contributed by atoms with Crippen LogP contribution < -0.4 is 0 Å². The normalized spacial score (nSPS) is 13.9. The fraction of sp³-hybridized carbons (Fsp3) is 0.385. The van der Waals surface area contributed by atoms with Gasteiger partial charge < -0.3 is 4.74 Å². The highest BCUT2D eigenvalue weighted by Gasteiger charge is 2.25. The number of fused-ring (bicyclic) bond motifs is 1. The van der Waals surface area contributed by atoms with E-state index in [0.717, 1.165) is 24.1 Å². The highest BCUT2D eigenvalue weighted by molar-refractivity contribution is 6.01. The number of aryl methyl sites for hydroxylation is 2. The number of carbonyl (C=O) groups is 1. The predicted octanol–water partition coefficient (Wildman–Crippen LogP) is 1.73. The summed E-state index contributed by atoms with van der Waals surface area (Å²) in [5.41, 5.74) is 3.14. The van der Waals surface area contributed by atoms with Crippen molar-refractivity contribution in [2.75, 3.05) is 7.11 Å². The first kappa shape index (κ1) is 11.6. The molecule has 2 rings (SSSR count). The molecule has 1 aromatic heterocycles. The Bertz CT molecular complexity index is 528. The van der Waals surface area contributed by atoms with Crippen LogP contribution in [0, 0.1) is 6.92 Å². The minimum atomic E-state index is -0.421. The average Bonchev–Trinajstić information content (AvgIpc) is 2.37. The van der Waals surface area contributed by atoms with Crippen LogP contribution in [0.5, 0.6) is 0 Å². The third-order valence-corrected chi connectivity index (χ3v) is 3.00. The maximum atomic E-state index is 11.8. The molecule has 1 aromatic rings. The van der Waals surface area contributed by atoms with Gasteiger partial charge in [-0.1, -0.05) is 0 Å². The highest BCUT2D eigenvalue weighted by Crippen LogP contribution is 2.32. The summed E-state index contributed by atoms with van der Waals surface area (Å²) in [5, 5.41) is 0. The monoisotopic (exact) mass is 231 g/mol. The van der Waals surface area contributed by atoms with Gasteiger partial charge in [-0.05, 0) is 31.7 Å². The molecule has 0 saturated heterocycles. The molecule has 4 nitrogen and oxygen atoms in total. The molecule has 0 saturated carbocycles. The SMILES string of the molecule is COC(=O)c1c(C)cnc2c1C(=C=O)CCC2. The molecule has 1 aliphatic carbocycles. The van der Waals surface area contributed by atoms with Crippen molar-refractivity contribution in [1.82, 2.24) is 4.98 Å². The van der Waals surface area contributed by atoms with Crippen molar-refractivity contribution in [3.8, 4) is 0 Å². The fourth-order valence-electron chi connectivity index (χ4n) is 2.18. The van der Waals surface area contributed by atoms with Gasteiger partial charge >= 0.3 is 5.97 Å². The summed E-state index contributed by atoms with van der Waals surface area (Å²) in [7, 11) is 1.34. The Labute approximate surface area is 99.3 Å². The van der Waals surface area contributed by atoms with Gasteiger partial charge in [-0.15, -0.1) is 0 Å². The van der Waals surface area contributed by atoms with E-state index in [-0.39, 0.29) is 0 Å². The van der Waals surface area contributed by atoms with Crippen LogP contribution in [0.3, 0.4) is 0 Å². The maximum absolute atomic E-state index is 11.8. The molecule has 0 unspecified atom stereocenters. The quantitative estimate of drug-likeness (QED) is 0.545. The molecule has 1 heterocycles. The van der Waals surface area contributed by atoms with Crippen molar-refractivity contribution in [2.24, 2.45) is 0 Å². The van der Waals surface area contributed by atoms with Crippen LogP contribution in [0.2, 0.25) is 0 Å². The second-order valence-corrected chi connectivity index (χ2v) is 4.06. The summed E-state index contributed by atoms with van der Waals surface area (Å²) in [6.45, 7) is 1.79. The van der Waals surface area contributed by atoms with Gasteiger partial charge in [0.1, 0.15) is 5.94 Å². The van der Waals surface area contributed by atoms with E-state index >= 15 is 0 Å². The van der Waals surface area contributed by atoms with Crippen LogP contribution in [0.1, 0.15) is 40.0 Å². The zero-order valence-electron chi connectivity index (χ0n) is 9.87. The van der Waals surface area contributed by atoms with E-state index in [1.807, 2.05) is 5.94 Å². The van der Waals surface area contributed by atoms with Gasteiger partial charge in [0.2, 0.25) is 0 Å². The summed E-state index contributed by atoms with van der Waals surface area (Å²) < 4.78 is 4.77. The van der Waals surface area contributed by atoms with Gasteiger partial charge in [0, 0.05) is 23.0 Å². The molecule has 88 valence electrons. The zero-order chi connectivity index (χ0) is 12.4. The third-order valence-electron chi connectivity index (χ3n) is 3.00. The maximum Gasteiger partial charge on any atom is 0.338 e. The summed E-state index contributed by atoms with van der Waals surface area (Å²) in [6, 6.07) is 0. The standard InChI is InChI=1S/C13H13NO3/c1-8-6-14-10-5-3-4-9(7-15)12(10)11(8)13(16)17-2/h6H,3-5H2,1-2H3. The van der Waals surface area contributed by atoms with Crippen LogP contribution in [0.4, 0.5) is 0 Å². The smallest absolute Gasteiger partial charge is 0.338 e. The summed E-state index contributed by atoms with van der Waals surface area (Å²) in [6.07, 6.45) is 3.95. The topological polar surface area (TPSA) is 56.3 Å². The van der Waals surface area contributed by atoms with E-state index in [1.165, 1.54) is 7.11 Å². The Morgan fingerprint density at radius 2 is 2.24 bits per heavy atom. The number of pyridine rings is 1. The Morgan fingerprint density at radius 3 is 2.88 bits per heavy atom. The molecule has 0 atom stereocenters. The lowest BCUT2D eigenvalue weighted by Gasteiger charge is -2.19. The molecule has 17 heavy (non-hydrogen) atoms. The summed E-state index contributed by atoms with van der Waals surface area (Å²) in [5.74, 6) is 1.51. The van der Waals surface area contributed by atoms with Crippen LogP contribution in [-0.2, 0) is 16.0 Å². The van der Waals surface area contributed by atoms with Crippen LogP contribution in [0.25, 0.3) is 5.57 Å². The van der Waals surface area contributed by atoms with Crippen LogP contribution in [-0.4, -0.2) is 24.0 Å². The molecule has 0 amide bonds. The zero-order valence-corrected chi connectivity index (χ0v) is 9.87. The van der Waals surface area contributed by atoms with E-state index in [2.05, 4.69) is 4.98 Å². The summed E-state index contributed by atoms with van der Waals surface area (Å²) in [4.78, 5) is 27.0. The van der Waals surface area contributed by atoms with Crippen LogP contribution >= 0.6 is 0 Å². The number of aromatic nitrogens is 1. The molecule has 0 aliphatic heterocycles. The van der Waals surface area contributed by atoms with Crippen molar-refractivity contribution in [3.05, 3.63) is 28.6 Å². The Morgan fingerprint density at radius 1 is 1.47 bits per heavy atom. The molecular formula is C13H13NO3. The second kappa shape index (κ2) is 4.52. The second-order valence-electron chi connectivity index (χ2n) is 4.06. The van der Waals surface area contributed by atoms with Gasteiger partial charge in [0.05, 0.1) is 12.7 Å².